The minimum absolute atomic E-state index is 0.0322. The Bertz CT molecular complexity index is 523. The highest BCUT2D eigenvalue weighted by molar-refractivity contribution is 5.89. The smallest absolute Gasteiger partial charge is 0.321 e. The van der Waals surface area contributed by atoms with E-state index in [0.29, 0.717) is 19.0 Å². The van der Waals surface area contributed by atoms with Crippen molar-refractivity contribution < 1.29 is 9.59 Å². The average Bonchev–Trinajstić information content (AvgIpc) is 2.59. The molecule has 1 aliphatic heterocycles. The Morgan fingerprint density at radius 1 is 1.17 bits per heavy atom. The Labute approximate surface area is 144 Å². The van der Waals surface area contributed by atoms with Crippen LogP contribution >= 0.6 is 0 Å². The molecule has 2 rings (SSSR count). The van der Waals surface area contributed by atoms with Crippen LogP contribution in [0.5, 0.6) is 0 Å². The number of carbonyl (C=O) groups excluding carboxylic acids is 2. The molecule has 2 N–H and O–H groups in total. The Morgan fingerprint density at radius 2 is 1.83 bits per heavy atom. The first-order valence-corrected chi connectivity index (χ1v) is 8.95. The highest BCUT2D eigenvalue weighted by Gasteiger charge is 2.27. The van der Waals surface area contributed by atoms with Crippen molar-refractivity contribution in [2.75, 3.05) is 25.0 Å². The number of urea groups is 1. The summed E-state index contributed by atoms with van der Waals surface area (Å²) in [6.07, 6.45) is 3.64. The van der Waals surface area contributed by atoms with E-state index >= 15 is 0 Å². The molecule has 0 aromatic heterocycles. The van der Waals surface area contributed by atoms with Crippen LogP contribution in [0.4, 0.5) is 10.5 Å². The summed E-state index contributed by atoms with van der Waals surface area (Å²) < 4.78 is 0. The van der Waals surface area contributed by atoms with E-state index in [0.717, 1.165) is 37.9 Å². The average molecular weight is 331 g/mol. The van der Waals surface area contributed by atoms with Gasteiger partial charge in [0.1, 0.15) is 0 Å². The van der Waals surface area contributed by atoms with Crippen molar-refractivity contribution in [2.45, 2.75) is 39.5 Å². The third-order valence-corrected chi connectivity index (χ3v) is 4.44. The van der Waals surface area contributed by atoms with Gasteiger partial charge in [-0.1, -0.05) is 32.0 Å². The lowest BCUT2D eigenvalue weighted by Gasteiger charge is -2.31. The van der Waals surface area contributed by atoms with Gasteiger partial charge in [-0.15, -0.1) is 0 Å². The van der Waals surface area contributed by atoms with Gasteiger partial charge < -0.3 is 15.5 Å². The van der Waals surface area contributed by atoms with Gasteiger partial charge >= 0.3 is 6.03 Å². The van der Waals surface area contributed by atoms with E-state index in [1.165, 1.54) is 0 Å². The summed E-state index contributed by atoms with van der Waals surface area (Å²) in [5.41, 5.74) is 0.799. The van der Waals surface area contributed by atoms with Crippen molar-refractivity contribution in [3.63, 3.8) is 0 Å². The van der Waals surface area contributed by atoms with E-state index < -0.39 is 0 Å². The number of piperidine rings is 1. The number of hydrogen-bond acceptors (Lipinski definition) is 2. The van der Waals surface area contributed by atoms with E-state index in [1.807, 2.05) is 30.3 Å². The Kier molecular flexibility index (Phi) is 7.09. The van der Waals surface area contributed by atoms with E-state index in [2.05, 4.69) is 24.5 Å². The fourth-order valence-electron chi connectivity index (χ4n) is 2.94. The van der Waals surface area contributed by atoms with Crippen LogP contribution in [-0.4, -0.2) is 36.5 Å². The van der Waals surface area contributed by atoms with E-state index in [9.17, 15) is 9.59 Å². The van der Waals surface area contributed by atoms with Crippen LogP contribution < -0.4 is 10.6 Å². The number of carbonyl (C=O) groups is 2. The molecule has 0 saturated carbocycles. The number of para-hydroxylation sites is 1. The number of hydrogen-bond donors (Lipinski definition) is 2. The number of rotatable bonds is 6. The van der Waals surface area contributed by atoms with Crippen LogP contribution in [0.3, 0.4) is 0 Å². The van der Waals surface area contributed by atoms with Crippen molar-refractivity contribution in [1.29, 1.82) is 0 Å². The molecule has 0 radical (unpaired) electrons. The lowest BCUT2D eigenvalue weighted by molar-refractivity contribution is -0.126. The highest BCUT2D eigenvalue weighted by atomic mass is 16.2. The van der Waals surface area contributed by atoms with Crippen LogP contribution in [0.1, 0.15) is 39.5 Å². The molecule has 0 unspecified atom stereocenters. The maximum absolute atomic E-state index is 12.2. The van der Waals surface area contributed by atoms with Gasteiger partial charge in [-0.3, -0.25) is 4.79 Å². The maximum atomic E-state index is 12.2. The van der Waals surface area contributed by atoms with Gasteiger partial charge in [0.15, 0.2) is 0 Å². The van der Waals surface area contributed by atoms with Crippen LogP contribution in [-0.2, 0) is 4.79 Å². The van der Waals surface area contributed by atoms with Gasteiger partial charge in [0.05, 0.1) is 0 Å². The van der Waals surface area contributed by atoms with Crippen molar-refractivity contribution in [2.24, 2.45) is 11.8 Å². The van der Waals surface area contributed by atoms with Gasteiger partial charge in [0.2, 0.25) is 5.91 Å². The minimum atomic E-state index is -0.0861. The second-order valence-corrected chi connectivity index (χ2v) is 6.88. The molecule has 0 atom stereocenters. The van der Waals surface area contributed by atoms with E-state index in [4.69, 9.17) is 0 Å². The first-order valence-electron chi connectivity index (χ1n) is 8.95. The lowest BCUT2D eigenvalue weighted by Crippen LogP contribution is -2.44. The van der Waals surface area contributed by atoms with Crippen molar-refractivity contribution in [3.05, 3.63) is 30.3 Å². The number of nitrogens with one attached hydrogen (secondary N) is 2. The molecule has 1 heterocycles. The van der Waals surface area contributed by atoms with Crippen molar-refractivity contribution in [1.82, 2.24) is 10.2 Å². The summed E-state index contributed by atoms with van der Waals surface area (Å²) in [7, 11) is 0. The van der Waals surface area contributed by atoms with Crippen molar-refractivity contribution in [3.8, 4) is 0 Å². The van der Waals surface area contributed by atoms with Gasteiger partial charge in [-0.25, -0.2) is 4.79 Å². The molecule has 1 aliphatic rings. The lowest BCUT2D eigenvalue weighted by atomic mass is 9.96. The van der Waals surface area contributed by atoms with Gasteiger partial charge in [-0.2, -0.15) is 0 Å². The molecule has 24 heavy (non-hydrogen) atoms. The molecular weight excluding hydrogens is 302 g/mol. The monoisotopic (exact) mass is 331 g/mol. The Morgan fingerprint density at radius 3 is 2.46 bits per heavy atom. The summed E-state index contributed by atoms with van der Waals surface area (Å²) in [6, 6.07) is 9.36. The maximum Gasteiger partial charge on any atom is 0.321 e. The van der Waals surface area contributed by atoms with E-state index in [1.54, 1.807) is 4.90 Å². The fourth-order valence-corrected chi connectivity index (χ4v) is 2.94. The zero-order chi connectivity index (χ0) is 17.4. The normalized spacial score (nSPS) is 15.4. The Balaban J connectivity index is 1.69. The van der Waals surface area contributed by atoms with Gasteiger partial charge in [-0.05, 0) is 43.7 Å². The number of anilines is 1. The van der Waals surface area contributed by atoms with Crippen LogP contribution in [0.25, 0.3) is 0 Å². The third kappa shape index (κ3) is 5.87. The molecule has 1 aromatic rings. The predicted molar refractivity (Wildman–Crippen MR) is 96.8 cm³/mol. The molecular formula is C19H29N3O2. The number of amides is 3. The molecule has 1 saturated heterocycles. The van der Waals surface area contributed by atoms with Crippen LogP contribution in [0.2, 0.25) is 0 Å². The minimum Gasteiger partial charge on any atom is -0.356 e. The molecule has 1 fully saturated rings. The summed E-state index contributed by atoms with van der Waals surface area (Å²) in [6.45, 7) is 6.40. The first kappa shape index (κ1) is 18.3. The highest BCUT2D eigenvalue weighted by Crippen LogP contribution is 2.18. The fraction of sp³-hybridized carbons (Fsp3) is 0.579. The van der Waals surface area contributed by atoms with Crippen LogP contribution in [0, 0.1) is 11.8 Å². The summed E-state index contributed by atoms with van der Waals surface area (Å²) >= 11 is 0. The predicted octanol–water partition coefficient (Wildman–Crippen LogP) is 3.48. The first-order chi connectivity index (χ1) is 11.6. The third-order valence-electron chi connectivity index (χ3n) is 4.44. The molecule has 132 valence electrons. The van der Waals surface area contributed by atoms with Gasteiger partial charge in [0, 0.05) is 31.2 Å². The molecule has 0 spiro atoms. The summed E-state index contributed by atoms with van der Waals surface area (Å²) in [5.74, 6) is 0.847. The van der Waals surface area contributed by atoms with E-state index in [-0.39, 0.29) is 17.9 Å². The molecule has 5 nitrogen and oxygen atoms in total. The number of likely N-dealkylation sites (tertiary alicyclic amines) is 1. The zero-order valence-electron chi connectivity index (χ0n) is 14.8. The van der Waals surface area contributed by atoms with Gasteiger partial charge in [0.25, 0.3) is 0 Å². The SMILES string of the molecule is CC(C)CCCNC(=O)C1CCN(C(=O)Nc2ccccc2)CC1. The standard InChI is InChI=1S/C19H29N3O2/c1-15(2)7-6-12-20-18(23)16-10-13-22(14-11-16)19(24)21-17-8-4-3-5-9-17/h3-5,8-9,15-16H,6-7,10-14H2,1-2H3,(H,20,23)(H,21,24). The quantitative estimate of drug-likeness (QED) is 0.784. The Hall–Kier alpha value is -2.04. The number of benzene rings is 1. The second kappa shape index (κ2) is 9.30. The molecule has 0 bridgehead atoms. The largest absolute Gasteiger partial charge is 0.356 e. The number of nitrogens with zero attached hydrogens (tertiary/aromatic N) is 1. The van der Waals surface area contributed by atoms with Crippen LogP contribution in [0.15, 0.2) is 30.3 Å². The molecule has 1 aromatic carbocycles. The summed E-state index contributed by atoms with van der Waals surface area (Å²) in [4.78, 5) is 26.2. The zero-order valence-corrected chi connectivity index (χ0v) is 14.8. The second-order valence-electron chi connectivity index (χ2n) is 6.88. The molecule has 5 heteroatoms. The van der Waals surface area contributed by atoms with Crippen molar-refractivity contribution >= 4 is 17.6 Å². The molecule has 3 amide bonds. The molecule has 0 aliphatic carbocycles. The summed E-state index contributed by atoms with van der Waals surface area (Å²) in [5, 5.41) is 5.93. The topological polar surface area (TPSA) is 61.4 Å².